The van der Waals surface area contributed by atoms with Gasteiger partial charge in [-0.15, -0.1) is 0 Å². The molecule has 0 atom stereocenters. The molecule has 0 amide bonds. The summed E-state index contributed by atoms with van der Waals surface area (Å²) < 4.78 is 29.1. The number of aromatic nitrogens is 1. The zero-order chi connectivity index (χ0) is 14.8. The molecule has 0 bridgehead atoms. The van der Waals surface area contributed by atoms with Crippen LogP contribution >= 0.6 is 0 Å². The zero-order valence-electron chi connectivity index (χ0n) is 12.6. The van der Waals surface area contributed by atoms with Crippen molar-refractivity contribution < 1.29 is 8.42 Å². The molecule has 5 nitrogen and oxygen atoms in total. The van der Waals surface area contributed by atoms with Crippen LogP contribution in [0.1, 0.15) is 38.8 Å². The molecule has 0 spiro atoms. The van der Waals surface area contributed by atoms with Crippen LogP contribution in [0.2, 0.25) is 0 Å². The maximum atomic E-state index is 12.3. The molecular formula is C14H25N3O2S. The number of sulfonamides is 1. The van der Waals surface area contributed by atoms with E-state index < -0.39 is 10.0 Å². The van der Waals surface area contributed by atoms with Crippen molar-refractivity contribution in [1.29, 1.82) is 0 Å². The second kappa shape index (κ2) is 5.87. The predicted molar refractivity (Wildman–Crippen MR) is 79.9 cm³/mol. The van der Waals surface area contributed by atoms with Gasteiger partial charge in [0, 0.05) is 32.0 Å². The highest BCUT2D eigenvalue weighted by Crippen LogP contribution is 2.44. The van der Waals surface area contributed by atoms with E-state index in [0.29, 0.717) is 18.0 Å². The lowest BCUT2D eigenvalue weighted by molar-refractivity contribution is 0.530. The van der Waals surface area contributed by atoms with Crippen LogP contribution in [-0.2, 0) is 23.6 Å². The second-order valence-corrected chi connectivity index (χ2v) is 7.86. The summed E-state index contributed by atoms with van der Waals surface area (Å²) in [5, 5.41) is 3.29. The first-order valence-corrected chi connectivity index (χ1v) is 8.70. The van der Waals surface area contributed by atoms with E-state index in [0.717, 1.165) is 31.5 Å². The highest BCUT2D eigenvalue weighted by Gasteiger charge is 2.38. The van der Waals surface area contributed by atoms with Crippen molar-refractivity contribution in [2.24, 2.45) is 12.5 Å². The minimum atomic E-state index is -3.38. The minimum absolute atomic E-state index is 0.174. The number of nitrogens with one attached hydrogen (secondary N) is 2. The van der Waals surface area contributed by atoms with E-state index in [4.69, 9.17) is 0 Å². The molecule has 6 heteroatoms. The quantitative estimate of drug-likeness (QED) is 0.717. The molecule has 1 aliphatic rings. The minimum Gasteiger partial charge on any atom is -0.352 e. The van der Waals surface area contributed by atoms with Crippen LogP contribution in [0.15, 0.2) is 17.2 Å². The van der Waals surface area contributed by atoms with Gasteiger partial charge in [0.05, 0.1) is 4.90 Å². The average molecular weight is 299 g/mol. The fourth-order valence-corrected chi connectivity index (χ4v) is 3.33. The maximum absolute atomic E-state index is 12.3. The van der Waals surface area contributed by atoms with Crippen LogP contribution < -0.4 is 10.0 Å². The summed E-state index contributed by atoms with van der Waals surface area (Å²) in [4.78, 5) is 0.359. The Balaban J connectivity index is 2.01. The summed E-state index contributed by atoms with van der Waals surface area (Å²) in [6.07, 6.45) is 4.96. The summed E-state index contributed by atoms with van der Waals surface area (Å²) in [6, 6.07) is 1.75. The molecule has 0 aromatic carbocycles. The third kappa shape index (κ3) is 3.84. The van der Waals surface area contributed by atoms with Gasteiger partial charge in [0.25, 0.3) is 0 Å². The molecule has 1 aromatic heterocycles. The molecular weight excluding hydrogens is 274 g/mol. The Morgan fingerprint density at radius 3 is 2.70 bits per heavy atom. The lowest BCUT2D eigenvalue weighted by Crippen LogP contribution is -2.28. The molecule has 20 heavy (non-hydrogen) atoms. The standard InChI is InChI=1S/C14H25N3O2S/c1-4-7-15-9-12-8-13(10-17(12)3)20(18,19)16-11-14(2)5-6-14/h8,10,15-16H,4-7,9,11H2,1-3H3. The van der Waals surface area contributed by atoms with E-state index in [2.05, 4.69) is 23.9 Å². The summed E-state index contributed by atoms with van der Waals surface area (Å²) >= 11 is 0. The Morgan fingerprint density at radius 1 is 1.40 bits per heavy atom. The Kier molecular flexibility index (Phi) is 4.56. The molecule has 1 saturated carbocycles. The van der Waals surface area contributed by atoms with Gasteiger partial charge in [-0.05, 0) is 37.3 Å². The number of nitrogens with zero attached hydrogens (tertiary/aromatic N) is 1. The first kappa shape index (κ1) is 15.5. The maximum Gasteiger partial charge on any atom is 0.242 e. The van der Waals surface area contributed by atoms with E-state index in [-0.39, 0.29) is 5.41 Å². The number of aryl methyl sites for hydroxylation is 1. The van der Waals surface area contributed by atoms with Gasteiger partial charge in [0.2, 0.25) is 10.0 Å². The van der Waals surface area contributed by atoms with Crippen LogP contribution in [0.25, 0.3) is 0 Å². The number of rotatable bonds is 8. The normalized spacial score (nSPS) is 17.4. The van der Waals surface area contributed by atoms with Crippen molar-refractivity contribution in [2.75, 3.05) is 13.1 Å². The summed E-state index contributed by atoms with van der Waals surface area (Å²) in [6.45, 7) is 6.38. The molecule has 1 heterocycles. The van der Waals surface area contributed by atoms with Gasteiger partial charge >= 0.3 is 0 Å². The van der Waals surface area contributed by atoms with E-state index in [1.807, 2.05) is 11.6 Å². The molecule has 2 N–H and O–H groups in total. The predicted octanol–water partition coefficient (Wildman–Crippen LogP) is 1.60. The monoisotopic (exact) mass is 299 g/mol. The van der Waals surface area contributed by atoms with Gasteiger partial charge in [0.1, 0.15) is 0 Å². The molecule has 0 aliphatic heterocycles. The Morgan fingerprint density at radius 2 is 2.10 bits per heavy atom. The van der Waals surface area contributed by atoms with Gasteiger partial charge in [-0.25, -0.2) is 13.1 Å². The molecule has 0 unspecified atom stereocenters. The third-order valence-corrected chi connectivity index (χ3v) is 5.29. The summed E-state index contributed by atoms with van der Waals surface area (Å²) in [7, 11) is -1.51. The molecule has 1 aliphatic carbocycles. The van der Waals surface area contributed by atoms with Crippen LogP contribution in [0.3, 0.4) is 0 Å². The number of hydrogen-bond donors (Lipinski definition) is 2. The van der Waals surface area contributed by atoms with Crippen molar-refractivity contribution in [1.82, 2.24) is 14.6 Å². The van der Waals surface area contributed by atoms with Gasteiger partial charge in [0.15, 0.2) is 0 Å². The van der Waals surface area contributed by atoms with Crippen molar-refractivity contribution >= 4 is 10.0 Å². The fraction of sp³-hybridized carbons (Fsp3) is 0.714. The van der Waals surface area contributed by atoms with Gasteiger partial charge in [-0.3, -0.25) is 0 Å². The van der Waals surface area contributed by atoms with Gasteiger partial charge < -0.3 is 9.88 Å². The van der Waals surface area contributed by atoms with E-state index in [1.165, 1.54) is 0 Å². The Hall–Kier alpha value is -0.850. The van der Waals surface area contributed by atoms with Crippen LogP contribution in [0, 0.1) is 5.41 Å². The topological polar surface area (TPSA) is 63.1 Å². The average Bonchev–Trinajstić information content (AvgIpc) is 3.01. The van der Waals surface area contributed by atoms with E-state index in [1.54, 1.807) is 12.3 Å². The lowest BCUT2D eigenvalue weighted by Gasteiger charge is -2.09. The largest absolute Gasteiger partial charge is 0.352 e. The van der Waals surface area contributed by atoms with E-state index in [9.17, 15) is 8.42 Å². The van der Waals surface area contributed by atoms with Crippen molar-refractivity contribution in [3.63, 3.8) is 0 Å². The molecule has 1 fully saturated rings. The van der Waals surface area contributed by atoms with Gasteiger partial charge in [-0.1, -0.05) is 13.8 Å². The molecule has 114 valence electrons. The van der Waals surface area contributed by atoms with Crippen LogP contribution in [0.4, 0.5) is 0 Å². The smallest absolute Gasteiger partial charge is 0.242 e. The zero-order valence-corrected chi connectivity index (χ0v) is 13.4. The van der Waals surface area contributed by atoms with E-state index >= 15 is 0 Å². The van der Waals surface area contributed by atoms with Crippen molar-refractivity contribution in [3.8, 4) is 0 Å². The molecule has 1 aromatic rings. The molecule has 0 radical (unpaired) electrons. The molecule has 0 saturated heterocycles. The SMILES string of the molecule is CCCNCc1cc(S(=O)(=O)NCC2(C)CC2)cn1C. The number of hydrogen-bond acceptors (Lipinski definition) is 3. The third-order valence-electron chi connectivity index (χ3n) is 3.92. The van der Waals surface area contributed by atoms with Gasteiger partial charge in [-0.2, -0.15) is 0 Å². The van der Waals surface area contributed by atoms with Crippen molar-refractivity contribution in [2.45, 2.75) is 44.6 Å². The first-order chi connectivity index (χ1) is 9.36. The highest BCUT2D eigenvalue weighted by molar-refractivity contribution is 7.89. The highest BCUT2D eigenvalue weighted by atomic mass is 32.2. The summed E-state index contributed by atoms with van der Waals surface area (Å²) in [5.41, 5.74) is 1.16. The Bertz CT molecular complexity index is 559. The first-order valence-electron chi connectivity index (χ1n) is 7.22. The summed E-state index contributed by atoms with van der Waals surface area (Å²) in [5.74, 6) is 0. The Labute approximate surface area is 121 Å². The lowest BCUT2D eigenvalue weighted by atomic mass is 10.2. The second-order valence-electron chi connectivity index (χ2n) is 6.09. The molecule has 2 rings (SSSR count). The fourth-order valence-electron chi connectivity index (χ4n) is 2.04. The van der Waals surface area contributed by atoms with Crippen LogP contribution in [0.5, 0.6) is 0 Å². The van der Waals surface area contributed by atoms with Crippen LogP contribution in [-0.4, -0.2) is 26.1 Å². The van der Waals surface area contributed by atoms with Crippen molar-refractivity contribution in [3.05, 3.63) is 18.0 Å².